The maximum Gasteiger partial charge on any atom is 0.416 e. The summed E-state index contributed by atoms with van der Waals surface area (Å²) in [5, 5.41) is 1.10. The first-order chi connectivity index (χ1) is 9.77. The SMILES string of the molecule is Nc1cc(C(F)(F)F)ccc1SCc1cc(Cl)ccc1Cl. The number of nitrogen functional groups attached to an aromatic ring is 1. The smallest absolute Gasteiger partial charge is 0.398 e. The van der Waals surface area contributed by atoms with E-state index in [-0.39, 0.29) is 5.69 Å². The highest BCUT2D eigenvalue weighted by Gasteiger charge is 2.30. The molecule has 0 aliphatic carbocycles. The Balaban J connectivity index is 2.15. The molecule has 2 aromatic carbocycles. The molecular formula is C14H10Cl2F3NS. The minimum Gasteiger partial charge on any atom is -0.398 e. The molecule has 2 N–H and O–H groups in total. The van der Waals surface area contributed by atoms with Crippen molar-refractivity contribution in [2.24, 2.45) is 0 Å². The minimum absolute atomic E-state index is 0.0907. The molecule has 7 heteroatoms. The fourth-order valence-electron chi connectivity index (χ4n) is 1.67. The Morgan fingerprint density at radius 2 is 1.76 bits per heavy atom. The van der Waals surface area contributed by atoms with Crippen molar-refractivity contribution in [3.05, 3.63) is 57.6 Å². The second-order valence-corrected chi connectivity index (χ2v) is 6.14. The van der Waals surface area contributed by atoms with Gasteiger partial charge in [-0.2, -0.15) is 13.2 Å². The Kier molecular flexibility index (Phi) is 4.96. The molecule has 1 nitrogen and oxygen atoms in total. The van der Waals surface area contributed by atoms with Crippen LogP contribution in [0, 0.1) is 0 Å². The Morgan fingerprint density at radius 1 is 1.05 bits per heavy atom. The predicted molar refractivity (Wildman–Crippen MR) is 81.9 cm³/mol. The number of nitrogens with two attached hydrogens (primary N) is 1. The summed E-state index contributed by atoms with van der Waals surface area (Å²) in [6.45, 7) is 0. The molecular weight excluding hydrogens is 342 g/mol. The van der Waals surface area contributed by atoms with Crippen LogP contribution >= 0.6 is 35.0 Å². The molecule has 0 saturated heterocycles. The van der Waals surface area contributed by atoms with Gasteiger partial charge in [0.1, 0.15) is 0 Å². The van der Waals surface area contributed by atoms with Gasteiger partial charge in [-0.15, -0.1) is 11.8 Å². The molecule has 2 aromatic rings. The number of thioether (sulfide) groups is 1. The van der Waals surface area contributed by atoms with Crippen LogP contribution in [0.2, 0.25) is 10.0 Å². The molecule has 0 amide bonds. The number of halogens is 5. The van der Waals surface area contributed by atoms with Crippen LogP contribution in [0.15, 0.2) is 41.3 Å². The van der Waals surface area contributed by atoms with Crippen molar-refractivity contribution in [3.63, 3.8) is 0 Å². The Bertz CT molecular complexity index is 659. The highest BCUT2D eigenvalue weighted by Crippen LogP contribution is 2.36. The third kappa shape index (κ3) is 4.22. The zero-order chi connectivity index (χ0) is 15.6. The van der Waals surface area contributed by atoms with E-state index >= 15 is 0 Å². The van der Waals surface area contributed by atoms with Crippen molar-refractivity contribution >= 4 is 40.7 Å². The molecule has 21 heavy (non-hydrogen) atoms. The fraction of sp³-hybridized carbons (Fsp3) is 0.143. The third-order valence-corrected chi connectivity index (χ3v) is 4.47. The maximum atomic E-state index is 12.6. The van der Waals surface area contributed by atoms with Crippen molar-refractivity contribution < 1.29 is 13.2 Å². The van der Waals surface area contributed by atoms with Crippen LogP contribution in [0.5, 0.6) is 0 Å². The van der Waals surface area contributed by atoms with E-state index in [1.54, 1.807) is 18.2 Å². The zero-order valence-corrected chi connectivity index (χ0v) is 12.9. The van der Waals surface area contributed by atoms with E-state index < -0.39 is 11.7 Å². The fourth-order valence-corrected chi connectivity index (χ4v) is 3.06. The lowest BCUT2D eigenvalue weighted by molar-refractivity contribution is -0.137. The maximum absolute atomic E-state index is 12.6. The summed E-state index contributed by atoms with van der Waals surface area (Å²) in [6, 6.07) is 8.37. The van der Waals surface area contributed by atoms with Crippen LogP contribution in [0.3, 0.4) is 0 Å². The van der Waals surface area contributed by atoms with Crippen molar-refractivity contribution in [2.45, 2.75) is 16.8 Å². The van der Waals surface area contributed by atoms with E-state index in [4.69, 9.17) is 28.9 Å². The van der Waals surface area contributed by atoms with E-state index in [1.165, 1.54) is 17.8 Å². The van der Waals surface area contributed by atoms with Crippen LogP contribution in [-0.4, -0.2) is 0 Å². The summed E-state index contributed by atoms with van der Waals surface area (Å²) in [6.07, 6.45) is -4.40. The van der Waals surface area contributed by atoms with Gasteiger partial charge in [-0.05, 0) is 42.0 Å². The largest absolute Gasteiger partial charge is 0.416 e. The number of anilines is 1. The van der Waals surface area contributed by atoms with E-state index in [9.17, 15) is 13.2 Å². The lowest BCUT2D eigenvalue weighted by Gasteiger charge is -2.11. The van der Waals surface area contributed by atoms with Gasteiger partial charge < -0.3 is 5.73 Å². The molecule has 2 rings (SSSR count). The van der Waals surface area contributed by atoms with Gasteiger partial charge in [-0.25, -0.2) is 0 Å². The van der Waals surface area contributed by atoms with Gasteiger partial charge in [0.25, 0.3) is 0 Å². The normalized spacial score (nSPS) is 11.7. The molecule has 0 fully saturated rings. The molecule has 0 unspecified atom stereocenters. The molecule has 0 heterocycles. The average Bonchev–Trinajstić information content (AvgIpc) is 2.40. The molecule has 0 aliphatic heterocycles. The summed E-state index contributed by atoms with van der Waals surface area (Å²) in [5.41, 5.74) is 5.80. The molecule has 0 bridgehead atoms. The molecule has 0 aliphatic rings. The van der Waals surface area contributed by atoms with Crippen molar-refractivity contribution in [3.8, 4) is 0 Å². The average molecular weight is 352 g/mol. The monoisotopic (exact) mass is 351 g/mol. The highest BCUT2D eigenvalue weighted by molar-refractivity contribution is 7.98. The van der Waals surface area contributed by atoms with E-state index in [0.717, 1.165) is 17.7 Å². The predicted octanol–water partition coefficient (Wildman–Crippen LogP) is 5.89. The summed E-state index contributed by atoms with van der Waals surface area (Å²) in [5.74, 6) is 0.467. The number of benzene rings is 2. The summed E-state index contributed by atoms with van der Waals surface area (Å²) in [4.78, 5) is 0.569. The standard InChI is InChI=1S/C14H10Cl2F3NS/c15-10-2-3-11(16)8(5-10)7-21-13-4-1-9(6-12(13)20)14(17,18)19/h1-6H,7,20H2. The number of hydrogen-bond donors (Lipinski definition) is 1. The second-order valence-electron chi connectivity index (χ2n) is 4.27. The quantitative estimate of drug-likeness (QED) is 0.551. The van der Waals surface area contributed by atoms with Gasteiger partial charge in [0.05, 0.1) is 5.56 Å². The van der Waals surface area contributed by atoms with Crippen LogP contribution in [-0.2, 0) is 11.9 Å². The minimum atomic E-state index is -4.40. The molecule has 0 aromatic heterocycles. The third-order valence-electron chi connectivity index (χ3n) is 2.73. The number of rotatable bonds is 3. The van der Waals surface area contributed by atoms with Crippen molar-refractivity contribution in [1.29, 1.82) is 0 Å². The van der Waals surface area contributed by atoms with Gasteiger partial charge in [0.2, 0.25) is 0 Å². The van der Waals surface area contributed by atoms with Crippen LogP contribution < -0.4 is 5.73 Å². The van der Waals surface area contributed by atoms with E-state index in [2.05, 4.69) is 0 Å². The van der Waals surface area contributed by atoms with Crippen molar-refractivity contribution in [1.82, 2.24) is 0 Å². The van der Waals surface area contributed by atoms with Gasteiger partial charge in [-0.1, -0.05) is 23.2 Å². The lowest BCUT2D eigenvalue weighted by atomic mass is 10.2. The summed E-state index contributed by atoms with van der Waals surface area (Å²) < 4.78 is 37.7. The summed E-state index contributed by atoms with van der Waals surface area (Å²) in [7, 11) is 0. The first-order valence-corrected chi connectivity index (χ1v) is 7.55. The van der Waals surface area contributed by atoms with Gasteiger partial charge in [0, 0.05) is 26.4 Å². The van der Waals surface area contributed by atoms with E-state index in [1.807, 2.05) is 0 Å². The molecule has 0 saturated carbocycles. The van der Waals surface area contributed by atoms with Crippen LogP contribution in [0.1, 0.15) is 11.1 Å². The lowest BCUT2D eigenvalue weighted by Crippen LogP contribution is -2.05. The Labute approximate surface area is 134 Å². The van der Waals surface area contributed by atoms with Crippen molar-refractivity contribution in [2.75, 3.05) is 5.73 Å². The second kappa shape index (κ2) is 6.38. The zero-order valence-electron chi connectivity index (χ0n) is 10.5. The molecule has 112 valence electrons. The highest BCUT2D eigenvalue weighted by atomic mass is 35.5. The number of hydrogen-bond acceptors (Lipinski definition) is 2. The van der Waals surface area contributed by atoms with Crippen LogP contribution in [0.25, 0.3) is 0 Å². The molecule has 0 spiro atoms. The molecule has 0 atom stereocenters. The topological polar surface area (TPSA) is 26.0 Å². The molecule has 0 radical (unpaired) electrons. The Morgan fingerprint density at radius 3 is 2.38 bits per heavy atom. The first-order valence-electron chi connectivity index (χ1n) is 5.81. The first kappa shape index (κ1) is 16.3. The van der Waals surface area contributed by atoms with Gasteiger partial charge in [-0.3, -0.25) is 0 Å². The van der Waals surface area contributed by atoms with Gasteiger partial charge in [0.15, 0.2) is 0 Å². The van der Waals surface area contributed by atoms with Gasteiger partial charge >= 0.3 is 6.18 Å². The van der Waals surface area contributed by atoms with E-state index in [0.29, 0.717) is 20.7 Å². The Hall–Kier alpha value is -1.04. The van der Waals surface area contributed by atoms with Crippen LogP contribution in [0.4, 0.5) is 18.9 Å². The summed E-state index contributed by atoms with van der Waals surface area (Å²) >= 11 is 13.2. The number of alkyl halides is 3.